The van der Waals surface area contributed by atoms with Crippen LogP contribution in [0.1, 0.15) is 231 Å². The van der Waals surface area contributed by atoms with Crippen molar-refractivity contribution in [2.75, 3.05) is 0 Å². The third-order valence-corrected chi connectivity index (χ3v) is 38.7. The van der Waals surface area contributed by atoms with Gasteiger partial charge in [-0.3, -0.25) is 0 Å². The molecule has 0 atom stereocenters. The molecule has 24 aliphatic rings. The third-order valence-electron chi connectivity index (χ3n) is 30.3. The summed E-state index contributed by atoms with van der Waals surface area (Å²) >= 11 is 34.1. The fourth-order valence-electron chi connectivity index (χ4n) is 28.8. The number of benzene rings is 6. The molecule has 24 aliphatic carbocycles. The average molecular weight is 2310 g/mol. The van der Waals surface area contributed by atoms with E-state index in [1.165, 1.54) is 263 Å². The molecular formula is C96H122Au2Cu6P2S6+2. The normalized spacial score (nSPS) is 39.1. The topological polar surface area (TPSA) is 0 Å². The molecule has 638 valence electrons. The second kappa shape index (κ2) is 43.4. The molecule has 6 aromatic rings. The van der Waals surface area contributed by atoms with E-state index in [2.05, 4.69) is 182 Å². The van der Waals surface area contributed by atoms with Gasteiger partial charge in [0.15, 0.2) is 0 Å². The zero-order valence-electron chi connectivity index (χ0n) is 65.0. The summed E-state index contributed by atoms with van der Waals surface area (Å²) in [6.07, 6.45) is 52.3. The van der Waals surface area contributed by atoms with Crippen LogP contribution in [0.15, 0.2) is 182 Å². The molecule has 24 fully saturated rings. The van der Waals surface area contributed by atoms with E-state index in [0.717, 1.165) is 107 Å². The van der Waals surface area contributed by atoms with Crippen LogP contribution in [0.5, 0.6) is 0 Å². The van der Waals surface area contributed by atoms with Crippen molar-refractivity contribution >= 4 is 123 Å². The van der Waals surface area contributed by atoms with Crippen molar-refractivity contribution in [1.82, 2.24) is 0 Å². The van der Waals surface area contributed by atoms with Gasteiger partial charge in [0.05, 0.1) is 15.8 Å². The van der Waals surface area contributed by atoms with E-state index in [4.69, 9.17) is 75.8 Å². The number of rotatable bonds is 6. The molecule has 112 heavy (non-hydrogen) atoms. The molecule has 2 radical (unpaired) electrons. The first-order valence-electron chi connectivity index (χ1n) is 42.6. The fourth-order valence-corrected chi connectivity index (χ4v) is 38.2. The van der Waals surface area contributed by atoms with Crippen molar-refractivity contribution in [3.8, 4) is 0 Å². The summed E-state index contributed by atoms with van der Waals surface area (Å²) in [7, 11) is -1.75. The molecule has 0 saturated heterocycles. The predicted octanol–water partition coefficient (Wildman–Crippen LogP) is 21.3. The summed E-state index contributed by atoms with van der Waals surface area (Å²) in [5, 5.41) is 8.61. The van der Waals surface area contributed by atoms with Crippen LogP contribution in [0.4, 0.5) is 0 Å². The van der Waals surface area contributed by atoms with Crippen LogP contribution in [-0.2, 0) is 223 Å². The zero-order chi connectivity index (χ0) is 70.7. The Morgan fingerprint density at radius 1 is 0.170 bits per heavy atom. The monoisotopic (exact) mass is 2300 g/mol. The van der Waals surface area contributed by atoms with Gasteiger partial charge < -0.3 is 75.8 Å². The molecule has 6 aromatic carbocycles. The molecule has 0 aromatic heterocycles. The quantitative estimate of drug-likeness (QED) is 0.0919. The van der Waals surface area contributed by atoms with E-state index in [1.54, 1.807) is 0 Å². The molecule has 0 spiro atoms. The summed E-state index contributed by atoms with van der Waals surface area (Å²) in [5.74, 6) is 18.7. The van der Waals surface area contributed by atoms with Gasteiger partial charge in [-0.05, 0) is 295 Å². The molecule has 0 amide bonds. The van der Waals surface area contributed by atoms with Gasteiger partial charge in [-0.2, -0.15) is 28.5 Å². The van der Waals surface area contributed by atoms with Gasteiger partial charge in [0.25, 0.3) is 0 Å². The second-order valence-corrected chi connectivity index (χ2v) is 49.7. The first-order chi connectivity index (χ1) is 50.3. The van der Waals surface area contributed by atoms with Crippen molar-refractivity contribution in [3.63, 3.8) is 0 Å². The molecule has 0 heterocycles. The van der Waals surface area contributed by atoms with Gasteiger partial charge in [0.1, 0.15) is 31.8 Å². The van der Waals surface area contributed by atoms with Crippen LogP contribution in [0, 0.1) is 107 Å². The van der Waals surface area contributed by atoms with Crippen molar-refractivity contribution in [2.45, 2.75) is 260 Å². The maximum absolute atomic E-state index is 5.69. The molecule has 0 N–H and O–H groups in total. The minimum Gasteiger partial charge on any atom is -0.786 e. The van der Waals surface area contributed by atoms with Gasteiger partial charge in [-0.1, -0.05) is 225 Å². The smallest absolute Gasteiger partial charge is 0.786 e. The number of hydrogen-bond acceptors (Lipinski definition) is 6. The van der Waals surface area contributed by atoms with Gasteiger partial charge >= 0.3 is 113 Å². The summed E-state index contributed by atoms with van der Waals surface area (Å²) in [5.41, 5.74) is 0. The van der Waals surface area contributed by atoms with Crippen molar-refractivity contribution < 1.29 is 147 Å². The van der Waals surface area contributed by atoms with Crippen LogP contribution in [0.3, 0.4) is 0 Å². The first kappa shape index (κ1) is 98.7. The zero-order valence-corrected chi connectivity index (χ0v) is 81.9. The van der Waals surface area contributed by atoms with Gasteiger partial charge in [0.2, 0.25) is 0 Å². The molecule has 0 nitrogen and oxygen atoms in total. The molecule has 16 heteroatoms. The minimum atomic E-state index is -0.877. The Hall–Kier alpha value is 2.88. The van der Waals surface area contributed by atoms with E-state index in [9.17, 15) is 0 Å². The van der Waals surface area contributed by atoms with E-state index in [0.29, 0.717) is 28.5 Å². The predicted molar refractivity (Wildman–Crippen MR) is 463 cm³/mol. The SMILES string of the molecule is [Au+].[Au+].[Cu+].[Cu+].[Cu+].[Cu+].[Cu].[Cu].[S-]C12CC3CC(CC(C3)C1)C2.[S-]C12CC3CC(CC(C3)C1)C2.[S-]C12CC3CC(CC(C3)C1)C2.[S-]C12CC3CC(CC(C3)C1)C2.[S-]C12CC3CC(CC(C3)C1)C2.[S-]C12CC3CC(CC(C3)C1)C2.c1ccc([PH+](c2ccccc2)c2ccccc2)cc1.c1ccc([PH+](c2ccccc2)c2ccccc2)cc1. The van der Waals surface area contributed by atoms with Crippen LogP contribution in [0.25, 0.3) is 0 Å². The van der Waals surface area contributed by atoms with E-state index >= 15 is 0 Å². The van der Waals surface area contributed by atoms with E-state index in [-0.39, 0.29) is 147 Å². The van der Waals surface area contributed by atoms with Crippen LogP contribution >= 0.6 is 15.8 Å². The standard InChI is InChI=1S/2C18H15P.6C10H16S.2Au.6Cu/c2*1-4-10-16(11-5-1)19(17-12-6-2-7-13-17)18-14-8-3-9-15-18;6*11-10-4-7-1-8(5-10)3-9(2-7)6-10;;;;;;;;/h2*1-15H;6*7-9,11H,1-6H2;;;;;;;;/q;;;;;;;;2*+1;;;4*+1/p-4. The maximum Gasteiger partial charge on any atom is 1.00 e. The molecule has 0 aliphatic heterocycles. The first-order valence-corrected chi connectivity index (χ1v) is 48.0. The summed E-state index contributed by atoms with van der Waals surface area (Å²) < 4.78 is 2.30. The molecule has 30 rings (SSSR count). The van der Waals surface area contributed by atoms with E-state index in [1.807, 2.05) is 0 Å². The van der Waals surface area contributed by atoms with E-state index < -0.39 is 15.8 Å². The Bertz CT molecular complexity index is 2940. The largest absolute Gasteiger partial charge is 1.00 e. The molecule has 24 bridgehead atoms. The fraction of sp³-hybridized carbons (Fsp3) is 0.625. The summed E-state index contributed by atoms with van der Waals surface area (Å²) in [6.45, 7) is 0. The Balaban J connectivity index is 0.000000147. The summed E-state index contributed by atoms with van der Waals surface area (Å²) in [6, 6.07) is 65.0. The van der Waals surface area contributed by atoms with Crippen LogP contribution < -0.4 is 31.8 Å². The molecular weight excluding hydrogens is 2180 g/mol. The maximum atomic E-state index is 5.69. The minimum absolute atomic E-state index is 0. The summed E-state index contributed by atoms with van der Waals surface area (Å²) in [4.78, 5) is 0. The molecule has 24 saturated carbocycles. The van der Waals surface area contributed by atoms with Crippen molar-refractivity contribution in [3.05, 3.63) is 182 Å². The number of hydrogen-bond donors (Lipinski definition) is 0. The second-order valence-electron chi connectivity index (χ2n) is 39.5. The Morgan fingerprint density at radius 3 is 0.321 bits per heavy atom. The van der Waals surface area contributed by atoms with Gasteiger partial charge in [-0.15, -0.1) is 0 Å². The Labute approximate surface area is 808 Å². The van der Waals surface area contributed by atoms with Crippen LogP contribution in [-0.4, -0.2) is 28.5 Å². The van der Waals surface area contributed by atoms with Crippen molar-refractivity contribution in [1.29, 1.82) is 0 Å². The third kappa shape index (κ3) is 25.2. The molecule has 0 unspecified atom stereocenters. The Morgan fingerprint density at radius 2 is 0.250 bits per heavy atom. The van der Waals surface area contributed by atoms with Gasteiger partial charge in [-0.25, -0.2) is 0 Å². The van der Waals surface area contributed by atoms with Crippen molar-refractivity contribution in [2.24, 2.45) is 107 Å². The Kier molecular flexibility index (Phi) is 38.2. The van der Waals surface area contributed by atoms with Crippen LogP contribution in [0.2, 0.25) is 0 Å². The van der Waals surface area contributed by atoms with Gasteiger partial charge in [0, 0.05) is 34.1 Å². The average Bonchev–Trinajstić information content (AvgIpc) is 0.782.